The number of hydrogen-bond acceptors (Lipinski definition) is 2. The lowest BCUT2D eigenvalue weighted by molar-refractivity contribution is 0.229. The lowest BCUT2D eigenvalue weighted by Gasteiger charge is -2.32. The van der Waals surface area contributed by atoms with Crippen molar-refractivity contribution in [2.45, 2.75) is 32.7 Å². The Hall–Kier alpha value is -1.02. The molecule has 0 atom stereocenters. The van der Waals surface area contributed by atoms with Crippen molar-refractivity contribution in [3.05, 3.63) is 29.8 Å². The van der Waals surface area contributed by atoms with Crippen molar-refractivity contribution in [3.63, 3.8) is 0 Å². The van der Waals surface area contributed by atoms with Crippen LogP contribution >= 0.6 is 0 Å². The topological polar surface area (TPSA) is 15.3 Å². The number of aryl methyl sites for hydroxylation is 1. The standard InChI is InChI=1S/C14H22N2/c1-3-16-9-7-13(8-10-16)15-14-6-4-5-12(2)11-14/h4-6,11,13,15H,3,7-10H2,1-2H3. The lowest BCUT2D eigenvalue weighted by Crippen LogP contribution is -2.38. The molecule has 0 bridgehead atoms. The predicted octanol–water partition coefficient (Wildman–Crippen LogP) is 2.89. The first kappa shape index (κ1) is 11.5. The summed E-state index contributed by atoms with van der Waals surface area (Å²) < 4.78 is 0. The molecule has 1 aliphatic heterocycles. The summed E-state index contributed by atoms with van der Waals surface area (Å²) in [6, 6.07) is 9.32. The monoisotopic (exact) mass is 218 g/mol. The second kappa shape index (κ2) is 5.35. The summed E-state index contributed by atoms with van der Waals surface area (Å²) in [7, 11) is 0. The highest BCUT2D eigenvalue weighted by atomic mass is 15.1. The highest BCUT2D eigenvalue weighted by Crippen LogP contribution is 2.17. The van der Waals surface area contributed by atoms with Crippen molar-refractivity contribution in [1.29, 1.82) is 0 Å². The fraction of sp³-hybridized carbons (Fsp3) is 0.571. The van der Waals surface area contributed by atoms with Gasteiger partial charge in [0.15, 0.2) is 0 Å². The molecule has 0 unspecified atom stereocenters. The van der Waals surface area contributed by atoms with Crippen LogP contribution in [0.25, 0.3) is 0 Å². The first-order valence-electron chi connectivity index (χ1n) is 6.33. The molecule has 0 aliphatic carbocycles. The fourth-order valence-electron chi connectivity index (χ4n) is 2.36. The summed E-state index contributed by atoms with van der Waals surface area (Å²) in [5.74, 6) is 0. The number of nitrogens with zero attached hydrogens (tertiary/aromatic N) is 1. The van der Waals surface area contributed by atoms with Crippen LogP contribution in [0.15, 0.2) is 24.3 Å². The summed E-state index contributed by atoms with van der Waals surface area (Å²) in [4.78, 5) is 2.52. The lowest BCUT2D eigenvalue weighted by atomic mass is 10.0. The van der Waals surface area contributed by atoms with Crippen molar-refractivity contribution in [2.24, 2.45) is 0 Å². The molecular weight excluding hydrogens is 196 g/mol. The number of benzene rings is 1. The van der Waals surface area contributed by atoms with Crippen LogP contribution in [0, 0.1) is 6.92 Å². The van der Waals surface area contributed by atoms with Gasteiger partial charge in [-0.3, -0.25) is 0 Å². The molecule has 1 aliphatic rings. The number of rotatable bonds is 3. The molecule has 1 heterocycles. The summed E-state index contributed by atoms with van der Waals surface area (Å²) in [6.07, 6.45) is 2.53. The average molecular weight is 218 g/mol. The van der Waals surface area contributed by atoms with Crippen LogP contribution < -0.4 is 5.32 Å². The third-order valence-electron chi connectivity index (χ3n) is 3.42. The molecule has 1 N–H and O–H groups in total. The van der Waals surface area contributed by atoms with Gasteiger partial charge in [0.1, 0.15) is 0 Å². The summed E-state index contributed by atoms with van der Waals surface area (Å²) >= 11 is 0. The average Bonchev–Trinajstić information content (AvgIpc) is 2.30. The second-order valence-corrected chi connectivity index (χ2v) is 4.72. The van der Waals surface area contributed by atoms with Crippen LogP contribution in [-0.2, 0) is 0 Å². The Labute approximate surface area is 98.7 Å². The van der Waals surface area contributed by atoms with Gasteiger partial charge in [-0.15, -0.1) is 0 Å². The number of likely N-dealkylation sites (tertiary alicyclic amines) is 1. The first-order valence-corrected chi connectivity index (χ1v) is 6.33. The molecular formula is C14H22N2. The Bertz CT molecular complexity index is 327. The van der Waals surface area contributed by atoms with E-state index >= 15 is 0 Å². The number of hydrogen-bond donors (Lipinski definition) is 1. The smallest absolute Gasteiger partial charge is 0.0344 e. The van der Waals surface area contributed by atoms with E-state index in [0.29, 0.717) is 6.04 Å². The number of piperidine rings is 1. The number of nitrogens with one attached hydrogen (secondary N) is 1. The van der Waals surface area contributed by atoms with Crippen molar-refractivity contribution >= 4 is 5.69 Å². The molecule has 0 radical (unpaired) electrons. The quantitative estimate of drug-likeness (QED) is 0.839. The molecule has 88 valence electrons. The third kappa shape index (κ3) is 2.99. The zero-order valence-electron chi connectivity index (χ0n) is 10.4. The van der Waals surface area contributed by atoms with Crippen molar-refractivity contribution in [1.82, 2.24) is 4.90 Å². The maximum Gasteiger partial charge on any atom is 0.0344 e. The Morgan fingerprint density at radius 1 is 1.31 bits per heavy atom. The van der Waals surface area contributed by atoms with Gasteiger partial charge in [-0.25, -0.2) is 0 Å². The van der Waals surface area contributed by atoms with E-state index in [1.165, 1.54) is 43.7 Å². The van der Waals surface area contributed by atoms with E-state index in [-0.39, 0.29) is 0 Å². The largest absolute Gasteiger partial charge is 0.382 e. The summed E-state index contributed by atoms with van der Waals surface area (Å²) in [5, 5.41) is 3.64. The van der Waals surface area contributed by atoms with Gasteiger partial charge >= 0.3 is 0 Å². The van der Waals surface area contributed by atoms with Gasteiger partial charge in [0.05, 0.1) is 0 Å². The molecule has 0 saturated carbocycles. The normalized spacial score (nSPS) is 18.6. The molecule has 0 aromatic heterocycles. The molecule has 1 aromatic carbocycles. The third-order valence-corrected chi connectivity index (χ3v) is 3.42. The maximum absolute atomic E-state index is 3.64. The molecule has 16 heavy (non-hydrogen) atoms. The van der Waals surface area contributed by atoms with Crippen LogP contribution in [-0.4, -0.2) is 30.6 Å². The molecule has 1 aromatic rings. The molecule has 2 nitrogen and oxygen atoms in total. The van der Waals surface area contributed by atoms with Gasteiger partial charge in [0.2, 0.25) is 0 Å². The van der Waals surface area contributed by atoms with E-state index in [9.17, 15) is 0 Å². The Morgan fingerprint density at radius 2 is 2.06 bits per heavy atom. The molecule has 2 heteroatoms. The van der Waals surface area contributed by atoms with Crippen LogP contribution in [0.1, 0.15) is 25.3 Å². The highest BCUT2D eigenvalue weighted by molar-refractivity contribution is 5.46. The van der Waals surface area contributed by atoms with Gasteiger partial charge in [-0.2, -0.15) is 0 Å². The van der Waals surface area contributed by atoms with Gasteiger partial charge < -0.3 is 10.2 Å². The zero-order valence-corrected chi connectivity index (χ0v) is 10.4. The van der Waals surface area contributed by atoms with E-state index in [4.69, 9.17) is 0 Å². The van der Waals surface area contributed by atoms with Crippen LogP contribution in [0.2, 0.25) is 0 Å². The number of anilines is 1. The van der Waals surface area contributed by atoms with Gasteiger partial charge in [-0.1, -0.05) is 19.1 Å². The Kier molecular flexibility index (Phi) is 3.83. The Morgan fingerprint density at radius 3 is 2.69 bits per heavy atom. The van der Waals surface area contributed by atoms with E-state index in [1.54, 1.807) is 0 Å². The minimum absolute atomic E-state index is 0.657. The molecule has 1 saturated heterocycles. The van der Waals surface area contributed by atoms with Crippen LogP contribution in [0.3, 0.4) is 0 Å². The van der Waals surface area contributed by atoms with E-state index in [2.05, 4.69) is 48.3 Å². The minimum Gasteiger partial charge on any atom is -0.382 e. The highest BCUT2D eigenvalue weighted by Gasteiger charge is 2.17. The zero-order chi connectivity index (χ0) is 11.4. The summed E-state index contributed by atoms with van der Waals surface area (Å²) in [5.41, 5.74) is 2.60. The van der Waals surface area contributed by atoms with Gasteiger partial charge in [0, 0.05) is 24.8 Å². The second-order valence-electron chi connectivity index (χ2n) is 4.72. The SMILES string of the molecule is CCN1CCC(Nc2cccc(C)c2)CC1. The predicted molar refractivity (Wildman–Crippen MR) is 69.9 cm³/mol. The van der Waals surface area contributed by atoms with Crippen molar-refractivity contribution in [2.75, 3.05) is 25.0 Å². The van der Waals surface area contributed by atoms with E-state index < -0.39 is 0 Å². The molecule has 2 rings (SSSR count). The molecule has 1 fully saturated rings. The van der Waals surface area contributed by atoms with E-state index in [1.807, 2.05) is 0 Å². The van der Waals surface area contributed by atoms with Crippen LogP contribution in [0.5, 0.6) is 0 Å². The molecule has 0 spiro atoms. The molecule has 0 amide bonds. The van der Waals surface area contributed by atoms with Crippen molar-refractivity contribution < 1.29 is 0 Å². The van der Waals surface area contributed by atoms with Crippen LogP contribution in [0.4, 0.5) is 5.69 Å². The maximum atomic E-state index is 3.64. The van der Waals surface area contributed by atoms with Gasteiger partial charge in [-0.05, 0) is 44.0 Å². The van der Waals surface area contributed by atoms with Crippen molar-refractivity contribution in [3.8, 4) is 0 Å². The minimum atomic E-state index is 0.657. The fourth-order valence-corrected chi connectivity index (χ4v) is 2.36. The first-order chi connectivity index (χ1) is 7.78. The van der Waals surface area contributed by atoms with E-state index in [0.717, 1.165) is 0 Å². The Balaban J connectivity index is 1.87. The van der Waals surface area contributed by atoms with Gasteiger partial charge in [0.25, 0.3) is 0 Å². The summed E-state index contributed by atoms with van der Waals surface area (Å²) in [6.45, 7) is 8.05.